The van der Waals surface area contributed by atoms with E-state index in [2.05, 4.69) is 0 Å². The van der Waals surface area contributed by atoms with Gasteiger partial charge in [0, 0.05) is 37.3 Å². The number of sulfonamides is 1. The molecule has 2 aromatic carbocycles. The molecule has 4 rings (SSSR count). The second kappa shape index (κ2) is 12.3. The molecule has 0 bridgehead atoms. The Kier molecular flexibility index (Phi) is 9.37. The lowest BCUT2D eigenvalue weighted by atomic mass is 9.82. The van der Waals surface area contributed by atoms with Crippen molar-refractivity contribution in [1.82, 2.24) is 14.1 Å². The second-order valence-electron chi connectivity index (χ2n) is 12.7. The van der Waals surface area contributed by atoms with Crippen LogP contribution in [-0.2, 0) is 30.7 Å². The van der Waals surface area contributed by atoms with Gasteiger partial charge in [-0.2, -0.15) is 4.31 Å². The van der Waals surface area contributed by atoms with E-state index in [1.807, 2.05) is 12.1 Å². The largest absolute Gasteiger partial charge is 0.444 e. The summed E-state index contributed by atoms with van der Waals surface area (Å²) in [5, 5.41) is 11.7. The Balaban J connectivity index is 1.71. The number of nitro benzene ring substituents is 1. The highest BCUT2D eigenvalue weighted by Crippen LogP contribution is 2.37. The summed E-state index contributed by atoms with van der Waals surface area (Å²) >= 11 is 6.13. The average molecular weight is 651 g/mol. The Morgan fingerprint density at radius 1 is 1.14 bits per heavy atom. The molecule has 0 N–H and O–H groups in total. The lowest BCUT2D eigenvalue weighted by Gasteiger charge is -2.49. The van der Waals surface area contributed by atoms with Crippen molar-refractivity contribution >= 4 is 39.3 Å². The van der Waals surface area contributed by atoms with Crippen LogP contribution in [0.2, 0.25) is 5.02 Å². The van der Waals surface area contributed by atoms with Crippen LogP contribution in [0.25, 0.3) is 0 Å². The first kappa shape index (κ1) is 33.6. The molecule has 0 unspecified atom stereocenters. The van der Waals surface area contributed by atoms with Crippen molar-refractivity contribution in [2.24, 2.45) is 0 Å². The Bertz CT molecular complexity index is 1510. The van der Waals surface area contributed by atoms with Crippen LogP contribution in [0.1, 0.15) is 53.0 Å². The zero-order chi connectivity index (χ0) is 32.7. The van der Waals surface area contributed by atoms with Crippen molar-refractivity contribution in [3.05, 3.63) is 69.2 Å². The molecule has 2 atom stereocenters. The maximum atomic E-state index is 14.3. The number of non-ortho nitro benzene ring substituents is 1. The summed E-state index contributed by atoms with van der Waals surface area (Å²) in [6.45, 7) is 8.69. The molecule has 240 valence electrons. The topological polar surface area (TPSA) is 140 Å². The minimum Gasteiger partial charge on any atom is -0.444 e. The van der Waals surface area contributed by atoms with Gasteiger partial charge in [-0.1, -0.05) is 23.7 Å². The second-order valence-corrected chi connectivity index (χ2v) is 15.1. The minimum atomic E-state index is -4.07. The average Bonchev–Trinajstić information content (AvgIpc) is 3.27. The van der Waals surface area contributed by atoms with E-state index in [0.717, 1.165) is 17.7 Å². The smallest absolute Gasteiger partial charge is 0.413 e. The van der Waals surface area contributed by atoms with E-state index in [1.165, 1.54) is 21.3 Å². The molecule has 2 amide bonds. The number of likely N-dealkylation sites (N-methyl/N-ethyl adjacent to an activating group) is 1. The summed E-state index contributed by atoms with van der Waals surface area (Å²) in [5.74, 6) is -0.412. The number of carbonyl (C=O) groups is 2. The molecule has 2 aromatic rings. The third-order valence-corrected chi connectivity index (χ3v) is 10.2. The van der Waals surface area contributed by atoms with E-state index >= 15 is 0 Å². The Morgan fingerprint density at radius 2 is 1.75 bits per heavy atom. The molecule has 44 heavy (non-hydrogen) atoms. The maximum Gasteiger partial charge on any atom is 0.413 e. The molecule has 2 saturated heterocycles. The van der Waals surface area contributed by atoms with Crippen molar-refractivity contribution in [2.75, 3.05) is 26.7 Å². The highest BCUT2D eigenvalue weighted by atomic mass is 35.5. The molecule has 2 heterocycles. The minimum absolute atomic E-state index is 0.0411. The number of rotatable bonds is 7. The lowest BCUT2D eigenvalue weighted by molar-refractivity contribution is -0.384. The molecule has 0 spiro atoms. The van der Waals surface area contributed by atoms with E-state index in [0.29, 0.717) is 24.3 Å². The normalized spacial score (nSPS) is 22.4. The van der Waals surface area contributed by atoms with Crippen LogP contribution in [0.4, 0.5) is 10.5 Å². The van der Waals surface area contributed by atoms with Crippen LogP contribution in [0, 0.1) is 10.1 Å². The van der Waals surface area contributed by atoms with E-state index in [-0.39, 0.29) is 30.3 Å². The van der Waals surface area contributed by atoms with Crippen LogP contribution < -0.4 is 0 Å². The van der Waals surface area contributed by atoms with Gasteiger partial charge in [0.15, 0.2) is 0 Å². The van der Waals surface area contributed by atoms with Gasteiger partial charge in [0.25, 0.3) is 5.69 Å². The number of hydrogen-bond donors (Lipinski definition) is 0. The third kappa shape index (κ3) is 7.01. The quantitative estimate of drug-likeness (QED) is 0.306. The number of halogens is 1. The molecule has 0 saturated carbocycles. The summed E-state index contributed by atoms with van der Waals surface area (Å²) in [6, 6.07) is 10.9. The fraction of sp³-hybridized carbons (Fsp3) is 0.533. The highest BCUT2D eigenvalue weighted by Gasteiger charge is 2.53. The van der Waals surface area contributed by atoms with Crippen LogP contribution in [0.15, 0.2) is 53.4 Å². The van der Waals surface area contributed by atoms with Crippen LogP contribution in [0.3, 0.4) is 0 Å². The first-order valence-corrected chi connectivity index (χ1v) is 16.1. The highest BCUT2D eigenvalue weighted by molar-refractivity contribution is 7.89. The van der Waals surface area contributed by atoms with Gasteiger partial charge >= 0.3 is 6.09 Å². The fourth-order valence-electron chi connectivity index (χ4n) is 5.78. The van der Waals surface area contributed by atoms with Crippen molar-refractivity contribution in [3.8, 4) is 0 Å². The molecule has 14 heteroatoms. The van der Waals surface area contributed by atoms with Crippen molar-refractivity contribution in [2.45, 2.75) is 81.7 Å². The summed E-state index contributed by atoms with van der Waals surface area (Å²) < 4.78 is 40.4. The van der Waals surface area contributed by atoms with E-state index < -0.39 is 49.9 Å². The summed E-state index contributed by atoms with van der Waals surface area (Å²) in [6.07, 6.45) is 0.541. The predicted molar refractivity (Wildman–Crippen MR) is 164 cm³/mol. The van der Waals surface area contributed by atoms with Gasteiger partial charge in [0.1, 0.15) is 17.4 Å². The Labute approximate surface area is 263 Å². The monoisotopic (exact) mass is 650 g/mol. The van der Waals surface area contributed by atoms with E-state index in [1.54, 1.807) is 58.7 Å². The Morgan fingerprint density at radius 3 is 2.32 bits per heavy atom. The number of benzene rings is 2. The number of carbonyl (C=O) groups excluding carboxylic acids is 2. The summed E-state index contributed by atoms with van der Waals surface area (Å²) in [4.78, 5) is 40.9. The predicted octanol–water partition coefficient (Wildman–Crippen LogP) is 4.84. The Hall–Kier alpha value is -3.26. The number of ether oxygens (including phenoxy) is 2. The first-order chi connectivity index (χ1) is 20.4. The van der Waals surface area contributed by atoms with E-state index in [4.69, 9.17) is 21.1 Å². The maximum absolute atomic E-state index is 14.3. The van der Waals surface area contributed by atoms with Crippen LogP contribution in [-0.4, -0.2) is 89.1 Å². The van der Waals surface area contributed by atoms with Gasteiger partial charge in [-0.05, 0) is 83.7 Å². The number of amides is 2. The third-order valence-electron chi connectivity index (χ3n) is 8.06. The van der Waals surface area contributed by atoms with E-state index in [9.17, 15) is 28.1 Å². The van der Waals surface area contributed by atoms with Crippen LogP contribution in [0.5, 0.6) is 0 Å². The van der Waals surface area contributed by atoms with Gasteiger partial charge in [-0.3, -0.25) is 19.8 Å². The molecular formula is C30H39ClN4O8S. The number of nitrogens with zero attached hydrogens (tertiary/aromatic N) is 4. The molecule has 12 nitrogen and oxygen atoms in total. The SMILES string of the molecule is CN(C(=O)[C@@H]1COC(C)(C)N1C(=O)OC(C)(C)C)[C@@]1(Cc2ccc(Cl)cc2)CCCN(S(=O)(=O)c2ccc([N+](=O)[O-])cc2)C1. The number of piperidine rings is 1. The van der Waals surface area contributed by atoms with Gasteiger partial charge < -0.3 is 14.4 Å². The molecule has 2 aliphatic rings. The summed E-state index contributed by atoms with van der Waals surface area (Å²) in [5.41, 5.74) is -2.31. The zero-order valence-electron chi connectivity index (χ0n) is 25.8. The lowest BCUT2D eigenvalue weighted by Crippen LogP contribution is -2.64. The summed E-state index contributed by atoms with van der Waals surface area (Å²) in [7, 11) is -2.45. The molecular weight excluding hydrogens is 612 g/mol. The fourth-order valence-corrected chi connectivity index (χ4v) is 7.47. The molecule has 0 aromatic heterocycles. The van der Waals surface area contributed by atoms with Gasteiger partial charge in [0.05, 0.1) is 22.0 Å². The van der Waals surface area contributed by atoms with Crippen LogP contribution >= 0.6 is 11.6 Å². The van der Waals surface area contributed by atoms with Crippen molar-refractivity contribution in [1.29, 1.82) is 0 Å². The molecule has 2 aliphatic heterocycles. The molecule has 0 aliphatic carbocycles. The standard InChI is InChI=1S/C30H39ClN4O8S/c1-28(2,3)43-27(37)34-25(19-42-29(34,4)5)26(36)32(6)30(18-21-8-10-22(31)11-9-21)16-7-17-33(20-30)44(40,41)24-14-12-23(13-15-24)35(38)39/h8-15,25H,7,16-20H2,1-6H3/t25-,30+/m0/s1. The number of nitro groups is 1. The van der Waals surface area contributed by atoms with Gasteiger partial charge in [-0.15, -0.1) is 0 Å². The first-order valence-electron chi connectivity index (χ1n) is 14.3. The van der Waals surface area contributed by atoms with Gasteiger partial charge in [-0.25, -0.2) is 13.2 Å². The number of hydrogen-bond acceptors (Lipinski definition) is 8. The van der Waals surface area contributed by atoms with Crippen molar-refractivity contribution < 1.29 is 32.4 Å². The molecule has 0 radical (unpaired) electrons. The zero-order valence-corrected chi connectivity index (χ0v) is 27.4. The van der Waals surface area contributed by atoms with Gasteiger partial charge in [0.2, 0.25) is 15.9 Å². The molecule has 2 fully saturated rings. The van der Waals surface area contributed by atoms with Crippen molar-refractivity contribution in [3.63, 3.8) is 0 Å².